The van der Waals surface area contributed by atoms with Crippen LogP contribution in [0.4, 0.5) is 11.4 Å². The summed E-state index contributed by atoms with van der Waals surface area (Å²) in [5.41, 5.74) is 3.02. The van der Waals surface area contributed by atoms with Crippen molar-refractivity contribution in [3.63, 3.8) is 0 Å². The first-order valence-corrected chi connectivity index (χ1v) is 12.1. The number of carbonyl (C=O) groups is 2. The third-order valence-electron chi connectivity index (χ3n) is 4.88. The van der Waals surface area contributed by atoms with E-state index in [-0.39, 0.29) is 18.4 Å². The lowest BCUT2D eigenvalue weighted by Crippen LogP contribution is -2.28. The molecule has 0 atom stereocenters. The SMILES string of the molecule is Cc1ccccc1N1C(=O)/C(=C/c2cccc(OCC(=O)Nc3ccc(Cl)c(Cl)c3)c2)SC1=S. The van der Waals surface area contributed by atoms with Crippen molar-refractivity contribution < 1.29 is 14.3 Å². The number of para-hydroxylation sites is 1. The van der Waals surface area contributed by atoms with Crippen molar-refractivity contribution in [1.29, 1.82) is 0 Å². The lowest BCUT2D eigenvalue weighted by molar-refractivity contribution is -0.118. The molecule has 1 heterocycles. The van der Waals surface area contributed by atoms with Crippen molar-refractivity contribution >= 4 is 80.8 Å². The molecule has 0 spiro atoms. The molecule has 3 aromatic carbocycles. The monoisotopic (exact) mass is 528 g/mol. The molecule has 0 unspecified atom stereocenters. The number of aryl methyl sites for hydroxylation is 1. The molecule has 3 aromatic rings. The van der Waals surface area contributed by atoms with Gasteiger partial charge in [-0.05, 0) is 60.5 Å². The maximum atomic E-state index is 13.0. The van der Waals surface area contributed by atoms with Gasteiger partial charge in [0.1, 0.15) is 5.75 Å². The fourth-order valence-corrected chi connectivity index (χ4v) is 4.84. The van der Waals surface area contributed by atoms with Crippen LogP contribution in [0.2, 0.25) is 10.0 Å². The zero-order valence-corrected chi connectivity index (χ0v) is 21.0. The highest BCUT2D eigenvalue weighted by Crippen LogP contribution is 2.37. The molecule has 2 amide bonds. The van der Waals surface area contributed by atoms with Crippen molar-refractivity contribution in [2.24, 2.45) is 0 Å². The average molecular weight is 529 g/mol. The van der Waals surface area contributed by atoms with E-state index in [1.54, 1.807) is 47.4 Å². The Hall–Kier alpha value is -2.84. The molecule has 1 N–H and O–H groups in total. The minimum Gasteiger partial charge on any atom is -0.484 e. The molecule has 9 heteroatoms. The van der Waals surface area contributed by atoms with Crippen LogP contribution >= 0.6 is 47.2 Å². The molecule has 0 bridgehead atoms. The molecule has 0 radical (unpaired) electrons. The molecule has 0 saturated carbocycles. The van der Waals surface area contributed by atoms with Gasteiger partial charge in [-0.3, -0.25) is 14.5 Å². The normalized spacial score (nSPS) is 14.6. The highest BCUT2D eigenvalue weighted by atomic mass is 35.5. The Morgan fingerprint density at radius 3 is 2.65 bits per heavy atom. The third kappa shape index (κ3) is 5.62. The summed E-state index contributed by atoms with van der Waals surface area (Å²) in [6, 6.07) is 19.6. The van der Waals surface area contributed by atoms with Gasteiger partial charge in [-0.2, -0.15) is 0 Å². The van der Waals surface area contributed by atoms with Gasteiger partial charge in [0.2, 0.25) is 0 Å². The first-order valence-electron chi connectivity index (χ1n) is 10.1. The molecule has 1 saturated heterocycles. The van der Waals surface area contributed by atoms with Crippen LogP contribution in [0.25, 0.3) is 6.08 Å². The van der Waals surface area contributed by atoms with Gasteiger partial charge in [0.05, 0.1) is 20.6 Å². The summed E-state index contributed by atoms with van der Waals surface area (Å²) >= 11 is 18.6. The maximum absolute atomic E-state index is 13.0. The largest absolute Gasteiger partial charge is 0.484 e. The first kappa shape index (κ1) is 24.3. The number of amides is 2. The van der Waals surface area contributed by atoms with Gasteiger partial charge in [-0.15, -0.1) is 0 Å². The fraction of sp³-hybridized carbons (Fsp3) is 0.0800. The molecule has 1 aliphatic rings. The molecule has 1 aliphatic heterocycles. The molecule has 5 nitrogen and oxygen atoms in total. The fourth-order valence-electron chi connectivity index (χ4n) is 3.26. The number of hydrogen-bond acceptors (Lipinski definition) is 5. The zero-order chi connectivity index (χ0) is 24.2. The van der Waals surface area contributed by atoms with Crippen LogP contribution in [0.1, 0.15) is 11.1 Å². The lowest BCUT2D eigenvalue weighted by Gasteiger charge is -2.16. The zero-order valence-electron chi connectivity index (χ0n) is 17.9. The second kappa shape index (κ2) is 10.6. The number of nitrogens with one attached hydrogen (secondary N) is 1. The van der Waals surface area contributed by atoms with E-state index in [0.29, 0.717) is 30.7 Å². The number of carbonyl (C=O) groups excluding carboxylic acids is 2. The van der Waals surface area contributed by atoms with E-state index in [1.165, 1.54) is 11.8 Å². The Morgan fingerprint density at radius 1 is 1.09 bits per heavy atom. The quantitative estimate of drug-likeness (QED) is 0.284. The van der Waals surface area contributed by atoms with Gasteiger partial charge in [0.25, 0.3) is 11.8 Å². The summed E-state index contributed by atoms with van der Waals surface area (Å²) in [5.74, 6) is -0.0214. The first-order chi connectivity index (χ1) is 16.3. The van der Waals surface area contributed by atoms with Gasteiger partial charge < -0.3 is 10.1 Å². The smallest absolute Gasteiger partial charge is 0.270 e. The van der Waals surface area contributed by atoms with Crippen LogP contribution in [0.5, 0.6) is 5.75 Å². The summed E-state index contributed by atoms with van der Waals surface area (Å²) in [5, 5.41) is 3.46. The Balaban J connectivity index is 1.42. The predicted octanol–water partition coefficient (Wildman–Crippen LogP) is 6.73. The number of nitrogens with zero attached hydrogens (tertiary/aromatic N) is 1. The van der Waals surface area contributed by atoms with E-state index in [4.69, 9.17) is 40.2 Å². The number of rotatable bonds is 6. The molecule has 34 heavy (non-hydrogen) atoms. The van der Waals surface area contributed by atoms with Crippen LogP contribution in [0.15, 0.2) is 71.6 Å². The van der Waals surface area contributed by atoms with E-state index in [0.717, 1.165) is 16.8 Å². The number of anilines is 2. The highest BCUT2D eigenvalue weighted by molar-refractivity contribution is 8.27. The van der Waals surface area contributed by atoms with Crippen LogP contribution in [-0.4, -0.2) is 22.7 Å². The summed E-state index contributed by atoms with van der Waals surface area (Å²) in [6.07, 6.45) is 1.76. The number of hydrogen-bond donors (Lipinski definition) is 1. The lowest BCUT2D eigenvalue weighted by atomic mass is 10.1. The van der Waals surface area contributed by atoms with Gasteiger partial charge >= 0.3 is 0 Å². The van der Waals surface area contributed by atoms with Crippen molar-refractivity contribution in [1.82, 2.24) is 0 Å². The van der Waals surface area contributed by atoms with Crippen molar-refractivity contribution in [3.8, 4) is 5.75 Å². The third-order valence-corrected chi connectivity index (χ3v) is 6.92. The summed E-state index contributed by atoms with van der Waals surface area (Å²) < 4.78 is 6.11. The molecule has 4 rings (SSSR count). The number of thioether (sulfide) groups is 1. The topological polar surface area (TPSA) is 58.6 Å². The van der Waals surface area contributed by atoms with Crippen molar-refractivity contribution in [3.05, 3.63) is 92.8 Å². The summed E-state index contributed by atoms with van der Waals surface area (Å²) in [7, 11) is 0. The molecular weight excluding hydrogens is 511 g/mol. The minimum absolute atomic E-state index is 0.170. The average Bonchev–Trinajstić information content (AvgIpc) is 3.08. The van der Waals surface area contributed by atoms with Crippen LogP contribution < -0.4 is 15.0 Å². The Kier molecular flexibility index (Phi) is 7.58. The summed E-state index contributed by atoms with van der Waals surface area (Å²) in [4.78, 5) is 27.3. The maximum Gasteiger partial charge on any atom is 0.270 e. The summed E-state index contributed by atoms with van der Waals surface area (Å²) in [6.45, 7) is 1.75. The van der Waals surface area contributed by atoms with Gasteiger partial charge in [-0.1, -0.05) is 77.5 Å². The Morgan fingerprint density at radius 2 is 1.88 bits per heavy atom. The number of thiocarbonyl (C=S) groups is 1. The van der Waals surface area contributed by atoms with E-state index in [9.17, 15) is 9.59 Å². The number of halogens is 2. The van der Waals surface area contributed by atoms with E-state index in [2.05, 4.69) is 5.32 Å². The minimum atomic E-state index is -0.345. The van der Waals surface area contributed by atoms with E-state index >= 15 is 0 Å². The van der Waals surface area contributed by atoms with Crippen molar-refractivity contribution in [2.75, 3.05) is 16.8 Å². The van der Waals surface area contributed by atoms with Gasteiger partial charge in [0.15, 0.2) is 10.9 Å². The van der Waals surface area contributed by atoms with E-state index in [1.807, 2.05) is 37.3 Å². The van der Waals surface area contributed by atoms with Crippen molar-refractivity contribution in [2.45, 2.75) is 6.92 Å². The standard InChI is InChI=1S/C25H18Cl2N2O3S2/c1-15-5-2-3-8-21(15)29-24(31)22(34-25(29)33)12-16-6-4-7-18(11-16)32-14-23(30)28-17-9-10-19(26)20(27)13-17/h2-13H,14H2,1H3,(H,28,30)/b22-12-. The molecular formula is C25H18Cl2N2O3S2. The Bertz CT molecular complexity index is 1330. The molecule has 1 fully saturated rings. The molecule has 0 aliphatic carbocycles. The van der Waals surface area contributed by atoms with Gasteiger partial charge in [0, 0.05) is 5.69 Å². The second-order valence-corrected chi connectivity index (χ2v) is 9.83. The van der Waals surface area contributed by atoms with Gasteiger partial charge in [-0.25, -0.2) is 0 Å². The van der Waals surface area contributed by atoms with Crippen LogP contribution in [-0.2, 0) is 9.59 Å². The molecule has 0 aromatic heterocycles. The highest BCUT2D eigenvalue weighted by Gasteiger charge is 2.33. The predicted molar refractivity (Wildman–Crippen MR) is 144 cm³/mol. The Labute approximate surface area is 216 Å². The molecule has 172 valence electrons. The van der Waals surface area contributed by atoms with Crippen LogP contribution in [0.3, 0.4) is 0 Å². The number of benzene rings is 3. The second-order valence-electron chi connectivity index (χ2n) is 7.34. The van der Waals surface area contributed by atoms with Crippen LogP contribution in [0, 0.1) is 6.92 Å². The van der Waals surface area contributed by atoms with E-state index < -0.39 is 0 Å². The number of ether oxygens (including phenoxy) is 1.